The Balaban J connectivity index is 2.66. The molecular formula is C14H15BrO4. The van der Waals surface area contributed by atoms with E-state index in [2.05, 4.69) is 15.9 Å². The number of hydrogen-bond acceptors (Lipinski definition) is 3. The van der Waals surface area contributed by atoms with E-state index in [1.54, 1.807) is 6.92 Å². The Bertz CT molecular complexity index is 494. The fourth-order valence-corrected chi connectivity index (χ4v) is 2.06. The van der Waals surface area contributed by atoms with Crippen molar-refractivity contribution in [2.24, 2.45) is 0 Å². The summed E-state index contributed by atoms with van der Waals surface area (Å²) in [7, 11) is 0. The monoisotopic (exact) mass is 326 g/mol. The molecular weight excluding hydrogens is 312 g/mol. The Morgan fingerprint density at radius 3 is 2.74 bits per heavy atom. The standard InChI is InChI=1S/C14H15BrO4/c1-2-19-14(18)8-4-10-3-5-11(12(15)9-10)6-7-13(16)17/h3,5-7,9H,2,4,8H2,1H3,(H,16,17)/b7-6+. The van der Waals surface area contributed by atoms with Gasteiger partial charge in [0, 0.05) is 17.0 Å². The molecule has 19 heavy (non-hydrogen) atoms. The molecule has 0 aromatic heterocycles. The van der Waals surface area contributed by atoms with Crippen LogP contribution >= 0.6 is 15.9 Å². The molecule has 0 saturated heterocycles. The van der Waals surface area contributed by atoms with Crippen LogP contribution in [0.25, 0.3) is 6.08 Å². The van der Waals surface area contributed by atoms with Crippen molar-refractivity contribution in [1.82, 2.24) is 0 Å². The van der Waals surface area contributed by atoms with Crippen LogP contribution in [0.2, 0.25) is 0 Å². The van der Waals surface area contributed by atoms with E-state index in [-0.39, 0.29) is 5.97 Å². The number of hydrogen-bond donors (Lipinski definition) is 1. The number of carboxylic acid groups (broad SMARTS) is 1. The van der Waals surface area contributed by atoms with Gasteiger partial charge in [-0.05, 0) is 36.6 Å². The van der Waals surface area contributed by atoms with Gasteiger partial charge in [-0.2, -0.15) is 0 Å². The van der Waals surface area contributed by atoms with Gasteiger partial charge in [0.1, 0.15) is 0 Å². The Kier molecular flexibility index (Phi) is 6.29. The van der Waals surface area contributed by atoms with E-state index in [1.165, 1.54) is 6.08 Å². The molecule has 0 heterocycles. The number of benzene rings is 1. The van der Waals surface area contributed by atoms with E-state index in [0.717, 1.165) is 21.7 Å². The molecule has 1 N–H and O–H groups in total. The number of rotatable bonds is 6. The van der Waals surface area contributed by atoms with Crippen molar-refractivity contribution in [2.75, 3.05) is 6.61 Å². The number of halogens is 1. The summed E-state index contributed by atoms with van der Waals surface area (Å²) >= 11 is 3.37. The van der Waals surface area contributed by atoms with Gasteiger partial charge in [0.15, 0.2) is 0 Å². The minimum atomic E-state index is -0.988. The number of carbonyl (C=O) groups excluding carboxylic acids is 1. The average Bonchev–Trinajstić information content (AvgIpc) is 2.35. The second kappa shape index (κ2) is 7.74. The number of aryl methyl sites for hydroxylation is 1. The minimum absolute atomic E-state index is 0.214. The smallest absolute Gasteiger partial charge is 0.328 e. The molecule has 0 unspecified atom stereocenters. The van der Waals surface area contributed by atoms with Gasteiger partial charge >= 0.3 is 11.9 Å². The summed E-state index contributed by atoms with van der Waals surface area (Å²) in [5.74, 6) is -1.20. The van der Waals surface area contributed by atoms with Crippen LogP contribution in [0.3, 0.4) is 0 Å². The van der Waals surface area contributed by atoms with Crippen molar-refractivity contribution in [3.63, 3.8) is 0 Å². The SMILES string of the molecule is CCOC(=O)CCc1ccc(/C=C/C(=O)O)c(Br)c1. The summed E-state index contributed by atoms with van der Waals surface area (Å²) in [5, 5.41) is 8.56. The number of carboxylic acids is 1. The highest BCUT2D eigenvalue weighted by molar-refractivity contribution is 9.10. The third-order valence-corrected chi connectivity index (χ3v) is 3.08. The van der Waals surface area contributed by atoms with Gasteiger partial charge in [-0.3, -0.25) is 4.79 Å². The van der Waals surface area contributed by atoms with Crippen molar-refractivity contribution in [3.05, 3.63) is 39.9 Å². The molecule has 1 aromatic carbocycles. The van der Waals surface area contributed by atoms with Crippen LogP contribution in [0.15, 0.2) is 28.7 Å². The molecule has 0 amide bonds. The summed E-state index contributed by atoms with van der Waals surface area (Å²) in [6.45, 7) is 2.17. The third kappa shape index (κ3) is 5.70. The van der Waals surface area contributed by atoms with E-state index < -0.39 is 5.97 Å². The maximum Gasteiger partial charge on any atom is 0.328 e. The second-order valence-electron chi connectivity index (χ2n) is 3.83. The van der Waals surface area contributed by atoms with E-state index in [4.69, 9.17) is 9.84 Å². The third-order valence-electron chi connectivity index (χ3n) is 2.39. The van der Waals surface area contributed by atoms with Gasteiger partial charge in [-0.15, -0.1) is 0 Å². The maximum atomic E-state index is 11.2. The lowest BCUT2D eigenvalue weighted by Gasteiger charge is -2.05. The zero-order chi connectivity index (χ0) is 14.3. The molecule has 102 valence electrons. The molecule has 1 aromatic rings. The van der Waals surface area contributed by atoms with Gasteiger partial charge in [-0.25, -0.2) is 4.79 Å². The second-order valence-corrected chi connectivity index (χ2v) is 4.69. The molecule has 0 bridgehead atoms. The van der Waals surface area contributed by atoms with Crippen molar-refractivity contribution >= 4 is 33.9 Å². The topological polar surface area (TPSA) is 63.6 Å². The fraction of sp³-hybridized carbons (Fsp3) is 0.286. The van der Waals surface area contributed by atoms with E-state index in [9.17, 15) is 9.59 Å². The number of ether oxygens (including phenoxy) is 1. The zero-order valence-electron chi connectivity index (χ0n) is 10.6. The molecule has 0 radical (unpaired) electrons. The summed E-state index contributed by atoms with van der Waals surface area (Å²) in [6, 6.07) is 5.55. The van der Waals surface area contributed by atoms with Crippen molar-refractivity contribution < 1.29 is 19.4 Å². The molecule has 0 spiro atoms. The Labute approximate surface area is 120 Å². The number of carbonyl (C=O) groups is 2. The van der Waals surface area contributed by atoms with E-state index >= 15 is 0 Å². The zero-order valence-corrected chi connectivity index (χ0v) is 12.1. The van der Waals surface area contributed by atoms with Crippen LogP contribution in [0.4, 0.5) is 0 Å². The molecule has 0 fully saturated rings. The van der Waals surface area contributed by atoms with Crippen molar-refractivity contribution in [2.45, 2.75) is 19.8 Å². The lowest BCUT2D eigenvalue weighted by Crippen LogP contribution is -2.05. The van der Waals surface area contributed by atoms with Crippen molar-refractivity contribution in [1.29, 1.82) is 0 Å². The number of aliphatic carboxylic acids is 1. The highest BCUT2D eigenvalue weighted by Gasteiger charge is 2.04. The van der Waals surface area contributed by atoms with Crippen LogP contribution < -0.4 is 0 Å². The molecule has 5 heteroatoms. The van der Waals surface area contributed by atoms with Gasteiger partial charge < -0.3 is 9.84 Å². The van der Waals surface area contributed by atoms with Gasteiger partial charge in [0.25, 0.3) is 0 Å². The first kappa shape index (κ1) is 15.4. The van der Waals surface area contributed by atoms with Gasteiger partial charge in [0.05, 0.1) is 6.61 Å². The molecule has 0 saturated carbocycles. The summed E-state index contributed by atoms with van der Waals surface area (Å²) < 4.78 is 5.65. The van der Waals surface area contributed by atoms with Crippen LogP contribution in [0, 0.1) is 0 Å². The predicted octanol–water partition coefficient (Wildman–Crippen LogP) is 3.04. The lowest BCUT2D eigenvalue weighted by molar-refractivity contribution is -0.143. The van der Waals surface area contributed by atoms with E-state index in [0.29, 0.717) is 19.4 Å². The quantitative estimate of drug-likeness (QED) is 0.644. The number of esters is 1. The van der Waals surface area contributed by atoms with Gasteiger partial charge in [-0.1, -0.05) is 28.1 Å². The van der Waals surface area contributed by atoms with Crippen molar-refractivity contribution in [3.8, 4) is 0 Å². The maximum absolute atomic E-state index is 11.2. The average molecular weight is 327 g/mol. The van der Waals surface area contributed by atoms with Crippen LogP contribution in [-0.4, -0.2) is 23.7 Å². The first-order valence-electron chi connectivity index (χ1n) is 5.88. The van der Waals surface area contributed by atoms with Crippen LogP contribution in [-0.2, 0) is 20.7 Å². The highest BCUT2D eigenvalue weighted by Crippen LogP contribution is 2.21. The fourth-order valence-electron chi connectivity index (χ4n) is 1.50. The predicted molar refractivity (Wildman–Crippen MR) is 75.8 cm³/mol. The first-order valence-corrected chi connectivity index (χ1v) is 6.67. The van der Waals surface area contributed by atoms with Crippen LogP contribution in [0.5, 0.6) is 0 Å². The summed E-state index contributed by atoms with van der Waals surface area (Å²) in [5.41, 5.74) is 1.77. The Morgan fingerprint density at radius 2 is 2.16 bits per heavy atom. The minimum Gasteiger partial charge on any atom is -0.478 e. The molecule has 0 aliphatic heterocycles. The molecule has 1 rings (SSSR count). The van der Waals surface area contributed by atoms with Crippen LogP contribution in [0.1, 0.15) is 24.5 Å². The normalized spacial score (nSPS) is 10.6. The summed E-state index contributed by atoms with van der Waals surface area (Å²) in [6.07, 6.45) is 3.53. The molecule has 0 aliphatic carbocycles. The highest BCUT2D eigenvalue weighted by atomic mass is 79.9. The molecule has 0 aliphatic rings. The molecule has 4 nitrogen and oxygen atoms in total. The summed E-state index contributed by atoms with van der Waals surface area (Å²) in [4.78, 5) is 21.7. The Hall–Kier alpha value is -1.62. The van der Waals surface area contributed by atoms with E-state index in [1.807, 2.05) is 18.2 Å². The molecule has 0 atom stereocenters. The van der Waals surface area contributed by atoms with Gasteiger partial charge in [0.2, 0.25) is 0 Å². The lowest BCUT2D eigenvalue weighted by atomic mass is 10.1. The first-order chi connectivity index (χ1) is 9.02. The largest absolute Gasteiger partial charge is 0.478 e. The Morgan fingerprint density at radius 1 is 1.42 bits per heavy atom.